The maximum absolute atomic E-state index is 14.9. The number of nitrogens with one attached hydrogen (secondary N) is 1. The van der Waals surface area contributed by atoms with E-state index in [1.165, 1.54) is 24.4 Å². The summed E-state index contributed by atoms with van der Waals surface area (Å²) < 4.78 is 87.8. The SMILES string of the molecule is CCc1cc(-c2ccc(CS(=O)(=O)c3ccccc3Cl)nc2C)cc2cnc(NC3CC[C@@H](N(C)C)C[C@@H]3F)nc12.CCc1cc(-c2ccc(N)nc2C)cc2cnc(F)nc12.CN(C)[C@@H]1CC[C@@H](N)[C@@H](F)C1.O=S([O-])c1ccccc1Cl. The molecule has 8 aromatic rings. The normalized spacial score (nSPS) is 19.2. The van der Waals surface area contributed by atoms with Gasteiger partial charge in [-0.05, 0) is 193 Å². The summed E-state index contributed by atoms with van der Waals surface area (Å²) in [6.07, 6.45) is 6.98. The Morgan fingerprint density at radius 3 is 1.77 bits per heavy atom. The highest BCUT2D eigenvalue weighted by Crippen LogP contribution is 2.33. The van der Waals surface area contributed by atoms with Gasteiger partial charge < -0.3 is 31.1 Å². The number of halogens is 5. The fourth-order valence-corrected chi connectivity index (χ4v) is 12.8. The number of nitrogens with two attached hydrogens (primary N) is 2. The lowest BCUT2D eigenvalue weighted by atomic mass is 9.89. The van der Waals surface area contributed by atoms with Gasteiger partial charge in [0, 0.05) is 68.7 Å². The Kier molecular flexibility index (Phi) is 22.5. The standard InChI is InChI=1S/C31H35ClFN5O2S.C16H15FN4.C8H17FN2.C6H5ClO2S/c1-5-20-14-21(25-12-10-23(35-19(25)2)18-41(39,40)29-9-7-6-8-26(29)32)15-22-17-34-31(37-30(20)22)36-28-13-11-24(38(3)4)16-27(28)33;1-3-10-6-11(13-4-5-14(18)20-9(13)2)7-12-8-19-16(17)21-15(10)12;1-11(2)6-3-4-8(10)7(9)5-6;7-5-3-1-2-4-6(5)10(8)9/h6-10,12,14-15,17,24,27-28H,5,11,13,16,18H2,1-4H3,(H,34,36,37);4-8H,3H2,1-2H3,(H2,18,20);6-8H,3-5,10H2,1-2H3;1-4H,(H,8,9)/p-1/t24-,27+,28?;;6-,7+,8-;/m1.1./s1. The minimum absolute atomic E-state index is 0.101. The average Bonchev–Trinajstić information content (AvgIpc) is 3.64. The maximum atomic E-state index is 14.9. The van der Waals surface area contributed by atoms with E-state index >= 15 is 0 Å². The smallest absolute Gasteiger partial charge is 0.309 e. The molecule has 4 aromatic heterocycles. The number of alkyl halides is 2. The van der Waals surface area contributed by atoms with Gasteiger partial charge in [0.15, 0.2) is 9.84 Å². The van der Waals surface area contributed by atoms with Crippen LogP contribution in [0.1, 0.15) is 80.6 Å². The Morgan fingerprint density at radius 1 is 0.699 bits per heavy atom. The second kappa shape index (κ2) is 29.0. The molecule has 2 fully saturated rings. The van der Waals surface area contributed by atoms with Crippen LogP contribution in [0.2, 0.25) is 10.0 Å². The van der Waals surface area contributed by atoms with Crippen LogP contribution < -0.4 is 16.8 Å². The minimum atomic E-state index is -3.65. The molecule has 0 radical (unpaired) electrons. The molecule has 0 aliphatic heterocycles. The zero-order chi connectivity index (χ0) is 60.3. The van der Waals surface area contributed by atoms with Crippen LogP contribution in [0.15, 0.2) is 119 Å². The van der Waals surface area contributed by atoms with E-state index < -0.39 is 39.3 Å². The predicted octanol–water partition coefficient (Wildman–Crippen LogP) is 12.1. The quantitative estimate of drug-likeness (QED) is 0.0764. The highest BCUT2D eigenvalue weighted by Gasteiger charge is 2.32. The first-order chi connectivity index (χ1) is 39.5. The molecule has 2 unspecified atom stereocenters. The molecule has 5 N–H and O–H groups in total. The van der Waals surface area contributed by atoms with Crippen LogP contribution in [0.25, 0.3) is 44.1 Å². The predicted molar refractivity (Wildman–Crippen MR) is 327 cm³/mol. The van der Waals surface area contributed by atoms with Crippen molar-refractivity contribution in [1.29, 1.82) is 0 Å². The van der Waals surface area contributed by atoms with E-state index in [2.05, 4.69) is 53.0 Å². The lowest BCUT2D eigenvalue weighted by Gasteiger charge is -2.35. The molecule has 4 heterocycles. The molecule has 0 amide bonds. The van der Waals surface area contributed by atoms with Gasteiger partial charge in [-0.15, -0.1) is 0 Å². The molecule has 2 aliphatic rings. The van der Waals surface area contributed by atoms with Crippen molar-refractivity contribution in [3.63, 3.8) is 0 Å². The van der Waals surface area contributed by atoms with Crippen LogP contribution in [0, 0.1) is 19.9 Å². The first-order valence-corrected chi connectivity index (χ1v) is 30.8. The second-order valence-corrected chi connectivity index (χ2v) is 24.8. The third-order valence-corrected chi connectivity index (χ3v) is 18.3. The first-order valence-electron chi connectivity index (χ1n) is 27.4. The molecule has 0 saturated heterocycles. The van der Waals surface area contributed by atoms with Crippen molar-refractivity contribution < 1.29 is 30.4 Å². The van der Waals surface area contributed by atoms with Gasteiger partial charge in [0.1, 0.15) is 18.2 Å². The van der Waals surface area contributed by atoms with E-state index in [1.54, 1.807) is 48.7 Å². The fourth-order valence-electron chi connectivity index (χ4n) is 10.2. The maximum Gasteiger partial charge on any atom is 0.309 e. The van der Waals surface area contributed by atoms with Crippen molar-refractivity contribution in [2.75, 3.05) is 39.2 Å². The van der Waals surface area contributed by atoms with Gasteiger partial charge in [0.2, 0.25) is 5.95 Å². The van der Waals surface area contributed by atoms with E-state index in [0.29, 0.717) is 41.9 Å². The lowest BCUT2D eigenvalue weighted by Crippen LogP contribution is -2.44. The summed E-state index contributed by atoms with van der Waals surface area (Å²) in [6.45, 7) is 7.88. The molecule has 0 bridgehead atoms. The summed E-state index contributed by atoms with van der Waals surface area (Å²) in [5, 5.41) is 5.40. The van der Waals surface area contributed by atoms with Crippen LogP contribution in [-0.2, 0) is 39.5 Å². The van der Waals surface area contributed by atoms with Crippen LogP contribution in [0.4, 0.5) is 24.9 Å². The van der Waals surface area contributed by atoms with Gasteiger partial charge >= 0.3 is 6.08 Å². The number of nitrogen functional groups attached to an aromatic ring is 1. The van der Waals surface area contributed by atoms with E-state index in [9.17, 15) is 30.4 Å². The Balaban J connectivity index is 0.000000193. The lowest BCUT2D eigenvalue weighted by molar-refractivity contribution is 0.133. The largest absolute Gasteiger partial charge is 0.768 e. The zero-order valence-corrected chi connectivity index (χ0v) is 50.9. The molecule has 22 heteroatoms. The Hall–Kier alpha value is -6.23. The Labute approximate surface area is 497 Å². The number of nitrogens with zero attached hydrogens (tertiary/aromatic N) is 8. The summed E-state index contributed by atoms with van der Waals surface area (Å²) in [7, 11) is 4.34. The van der Waals surface area contributed by atoms with Crippen molar-refractivity contribution in [3.05, 3.63) is 154 Å². The van der Waals surface area contributed by atoms with Gasteiger partial charge in [-0.2, -0.15) is 4.39 Å². The summed E-state index contributed by atoms with van der Waals surface area (Å²) in [6, 6.07) is 28.3. The third kappa shape index (κ3) is 16.8. The van der Waals surface area contributed by atoms with Gasteiger partial charge in [-0.25, -0.2) is 42.1 Å². The van der Waals surface area contributed by atoms with Crippen LogP contribution in [0.5, 0.6) is 0 Å². The average molecular weight is 1210 g/mol. The van der Waals surface area contributed by atoms with Crippen molar-refractivity contribution >= 4 is 77.7 Å². The number of aromatic nitrogens is 6. The number of sulfone groups is 1. The van der Waals surface area contributed by atoms with Crippen LogP contribution >= 0.6 is 23.2 Å². The monoisotopic (exact) mass is 1210 g/mol. The summed E-state index contributed by atoms with van der Waals surface area (Å²) in [5.74, 6) is 0.701. The molecule has 10 rings (SSSR count). The number of aryl methyl sites for hydroxylation is 4. The van der Waals surface area contributed by atoms with E-state index in [1.807, 2.05) is 79.3 Å². The van der Waals surface area contributed by atoms with E-state index in [4.69, 9.17) is 39.7 Å². The molecule has 2 saturated carbocycles. The molecule has 442 valence electrons. The van der Waals surface area contributed by atoms with Gasteiger partial charge in [0.25, 0.3) is 0 Å². The third-order valence-electron chi connectivity index (χ3n) is 15.0. The minimum Gasteiger partial charge on any atom is -0.768 e. The zero-order valence-electron chi connectivity index (χ0n) is 47.8. The molecule has 7 atom stereocenters. The second-order valence-electron chi connectivity index (χ2n) is 21.2. The summed E-state index contributed by atoms with van der Waals surface area (Å²) in [5.41, 5.74) is 20.7. The van der Waals surface area contributed by atoms with E-state index in [-0.39, 0.29) is 43.7 Å². The molecular formula is C61H71Cl2F3N11O4S2-. The van der Waals surface area contributed by atoms with Gasteiger partial charge in [-0.3, -0.25) is 9.19 Å². The van der Waals surface area contributed by atoms with Gasteiger partial charge in [-0.1, -0.05) is 67.4 Å². The van der Waals surface area contributed by atoms with Crippen LogP contribution in [0.3, 0.4) is 0 Å². The molecule has 15 nitrogen and oxygen atoms in total. The number of fused-ring (bicyclic) bond motifs is 2. The van der Waals surface area contributed by atoms with Gasteiger partial charge in [0.05, 0.1) is 43.5 Å². The topological polar surface area (TPSA) is 222 Å². The van der Waals surface area contributed by atoms with E-state index in [0.717, 1.165) is 99.6 Å². The van der Waals surface area contributed by atoms with Crippen molar-refractivity contribution in [3.8, 4) is 22.3 Å². The number of hydrogen-bond acceptors (Lipinski definition) is 15. The molecule has 2 aliphatic carbocycles. The number of hydrogen-bond donors (Lipinski definition) is 3. The number of pyridine rings is 2. The molecule has 83 heavy (non-hydrogen) atoms. The summed E-state index contributed by atoms with van der Waals surface area (Å²) >= 11 is 9.44. The highest BCUT2D eigenvalue weighted by atomic mass is 35.5. The molecular weight excluding hydrogens is 1140 g/mol. The number of anilines is 2. The van der Waals surface area contributed by atoms with Crippen molar-refractivity contribution in [2.45, 2.75) is 131 Å². The Morgan fingerprint density at radius 2 is 1.24 bits per heavy atom. The number of rotatable bonds is 12. The highest BCUT2D eigenvalue weighted by molar-refractivity contribution is 7.90. The van der Waals surface area contributed by atoms with Crippen molar-refractivity contribution in [2.24, 2.45) is 5.73 Å². The van der Waals surface area contributed by atoms with Crippen LogP contribution in [-0.4, -0.2) is 122 Å². The number of benzene rings is 4. The Bertz CT molecular complexity index is 3680. The first kappa shape index (κ1) is 64.3. The van der Waals surface area contributed by atoms with Crippen molar-refractivity contribution in [1.82, 2.24) is 39.7 Å². The molecule has 0 spiro atoms. The molecule has 4 aromatic carbocycles. The summed E-state index contributed by atoms with van der Waals surface area (Å²) in [4.78, 5) is 30.2. The fraction of sp³-hybridized carbons (Fsp3) is 0.377.